The number of hydrogen-bond acceptors (Lipinski definition) is 4. The summed E-state index contributed by atoms with van der Waals surface area (Å²) in [4.78, 5) is 11.4. The van der Waals surface area contributed by atoms with E-state index >= 15 is 0 Å². The molecule has 1 fully saturated rings. The van der Waals surface area contributed by atoms with Crippen molar-refractivity contribution < 1.29 is 4.74 Å². The summed E-state index contributed by atoms with van der Waals surface area (Å²) in [5.41, 5.74) is 8.76. The molecule has 1 aliphatic rings. The van der Waals surface area contributed by atoms with E-state index in [1.165, 1.54) is 5.56 Å². The lowest BCUT2D eigenvalue weighted by molar-refractivity contribution is -0.0138. The summed E-state index contributed by atoms with van der Waals surface area (Å²) in [5.74, 6) is 1.06. The minimum atomic E-state index is 0.135. The number of benzene rings is 1. The quantitative estimate of drug-likeness (QED) is 0.778. The smallest absolute Gasteiger partial charge is 0.198 e. The lowest BCUT2D eigenvalue weighted by Gasteiger charge is -2.30. The van der Waals surface area contributed by atoms with Crippen molar-refractivity contribution in [1.29, 1.82) is 0 Å². The number of rotatable bonds is 3. The van der Waals surface area contributed by atoms with Crippen molar-refractivity contribution in [3.05, 3.63) is 42.5 Å². The van der Waals surface area contributed by atoms with E-state index in [9.17, 15) is 0 Å². The summed E-state index contributed by atoms with van der Waals surface area (Å²) in [6.45, 7) is 1.80. The molecule has 2 aromatic heterocycles. The van der Waals surface area contributed by atoms with Gasteiger partial charge in [-0.1, -0.05) is 6.07 Å². The molecule has 114 valence electrons. The van der Waals surface area contributed by atoms with Crippen LogP contribution in [0.15, 0.2) is 36.9 Å². The lowest BCUT2D eigenvalue weighted by atomic mass is 9.91. The number of nitrogens with one attached hydrogen (secondary N) is 1. The molecule has 3 heterocycles. The molecule has 0 saturated carbocycles. The highest BCUT2D eigenvalue weighted by molar-refractivity contribution is 5.77. The number of aromatic amines is 1. The van der Waals surface area contributed by atoms with E-state index in [-0.39, 0.29) is 6.10 Å². The van der Waals surface area contributed by atoms with Crippen LogP contribution in [0.5, 0.6) is 0 Å². The van der Waals surface area contributed by atoms with Crippen LogP contribution in [0.4, 0.5) is 5.95 Å². The first-order valence-corrected chi connectivity index (χ1v) is 7.60. The van der Waals surface area contributed by atoms with Crippen molar-refractivity contribution in [2.75, 3.05) is 12.3 Å². The number of nitrogens with two attached hydrogens (primary N) is 1. The van der Waals surface area contributed by atoms with Crippen LogP contribution in [-0.4, -0.2) is 26.1 Å². The van der Waals surface area contributed by atoms with Crippen LogP contribution in [0.3, 0.4) is 0 Å². The normalized spacial score (nSPS) is 22.2. The number of aromatic nitrogens is 4. The van der Waals surface area contributed by atoms with E-state index in [1.54, 1.807) is 0 Å². The minimum absolute atomic E-state index is 0.135. The Morgan fingerprint density at radius 1 is 1.41 bits per heavy atom. The minimum Gasteiger partial charge on any atom is -0.374 e. The Labute approximate surface area is 128 Å². The molecule has 0 bridgehead atoms. The molecule has 0 radical (unpaired) electrons. The van der Waals surface area contributed by atoms with Gasteiger partial charge in [-0.3, -0.25) is 0 Å². The average Bonchev–Trinajstić information content (AvgIpc) is 3.15. The second-order valence-corrected chi connectivity index (χ2v) is 5.91. The fraction of sp³-hybridized carbons (Fsp3) is 0.375. The van der Waals surface area contributed by atoms with Gasteiger partial charge in [0.1, 0.15) is 0 Å². The summed E-state index contributed by atoms with van der Waals surface area (Å²) in [6, 6.07) is 6.19. The first-order valence-electron chi connectivity index (χ1n) is 7.60. The van der Waals surface area contributed by atoms with Gasteiger partial charge in [-0.15, -0.1) is 0 Å². The first kappa shape index (κ1) is 13.3. The van der Waals surface area contributed by atoms with E-state index in [1.807, 2.05) is 24.8 Å². The molecule has 1 aliphatic heterocycles. The zero-order valence-corrected chi connectivity index (χ0v) is 12.3. The zero-order valence-electron chi connectivity index (χ0n) is 12.3. The van der Waals surface area contributed by atoms with E-state index in [0.29, 0.717) is 11.9 Å². The number of fused-ring (bicyclic) bond motifs is 1. The summed E-state index contributed by atoms with van der Waals surface area (Å²) in [7, 11) is 0. The molecule has 22 heavy (non-hydrogen) atoms. The van der Waals surface area contributed by atoms with Gasteiger partial charge in [0.05, 0.1) is 23.5 Å². The summed E-state index contributed by atoms with van der Waals surface area (Å²) < 4.78 is 8.12. The second kappa shape index (κ2) is 5.46. The van der Waals surface area contributed by atoms with Crippen LogP contribution in [0.1, 0.15) is 24.5 Å². The van der Waals surface area contributed by atoms with E-state index in [2.05, 4.69) is 31.7 Å². The summed E-state index contributed by atoms with van der Waals surface area (Å²) in [5, 5.41) is 0. The number of H-pyrrole nitrogens is 1. The molecule has 6 heteroatoms. The Kier molecular flexibility index (Phi) is 3.31. The summed E-state index contributed by atoms with van der Waals surface area (Å²) >= 11 is 0. The largest absolute Gasteiger partial charge is 0.374 e. The van der Waals surface area contributed by atoms with Gasteiger partial charge in [0.2, 0.25) is 0 Å². The maximum atomic E-state index is 5.98. The van der Waals surface area contributed by atoms with Crippen LogP contribution in [0, 0.1) is 5.92 Å². The molecule has 3 N–H and O–H groups in total. The van der Waals surface area contributed by atoms with Gasteiger partial charge in [0.25, 0.3) is 0 Å². The van der Waals surface area contributed by atoms with Crippen LogP contribution in [0.2, 0.25) is 0 Å². The number of nitrogen functional groups attached to an aromatic ring is 1. The first-order chi connectivity index (χ1) is 10.8. The van der Waals surface area contributed by atoms with Gasteiger partial charge in [-0.25, -0.2) is 9.97 Å². The number of anilines is 1. The van der Waals surface area contributed by atoms with Crippen molar-refractivity contribution in [3.8, 4) is 0 Å². The highest BCUT2D eigenvalue weighted by Crippen LogP contribution is 2.33. The molecule has 0 amide bonds. The molecular formula is C16H19N5O. The molecule has 1 aromatic carbocycles. The molecule has 1 saturated heterocycles. The fourth-order valence-electron chi connectivity index (χ4n) is 3.20. The van der Waals surface area contributed by atoms with E-state index < -0.39 is 0 Å². The Balaban J connectivity index is 1.52. The Bertz CT molecular complexity index is 764. The van der Waals surface area contributed by atoms with Crippen LogP contribution < -0.4 is 5.73 Å². The van der Waals surface area contributed by atoms with Crippen LogP contribution >= 0.6 is 0 Å². The number of nitrogens with zero attached hydrogens (tertiary/aromatic N) is 3. The van der Waals surface area contributed by atoms with Gasteiger partial charge in [-0.05, 0) is 36.5 Å². The van der Waals surface area contributed by atoms with E-state index in [4.69, 9.17) is 10.5 Å². The molecule has 4 rings (SSSR count). The third-order valence-electron chi connectivity index (χ3n) is 4.32. The molecule has 6 nitrogen and oxygen atoms in total. The molecule has 0 spiro atoms. The van der Waals surface area contributed by atoms with Gasteiger partial charge in [0.15, 0.2) is 5.95 Å². The maximum Gasteiger partial charge on any atom is 0.198 e. The Hall–Kier alpha value is -2.34. The highest BCUT2D eigenvalue weighted by atomic mass is 16.5. The maximum absolute atomic E-state index is 5.98. The van der Waals surface area contributed by atoms with Crippen LogP contribution in [-0.2, 0) is 11.3 Å². The van der Waals surface area contributed by atoms with Crippen molar-refractivity contribution in [3.63, 3.8) is 0 Å². The Morgan fingerprint density at radius 3 is 3.23 bits per heavy atom. The number of imidazole rings is 2. The van der Waals surface area contributed by atoms with Crippen molar-refractivity contribution in [2.45, 2.75) is 25.5 Å². The monoisotopic (exact) mass is 297 g/mol. The second-order valence-electron chi connectivity index (χ2n) is 5.91. The van der Waals surface area contributed by atoms with Crippen LogP contribution in [0.25, 0.3) is 11.0 Å². The molecular weight excluding hydrogens is 278 g/mol. The zero-order chi connectivity index (χ0) is 14.9. The molecule has 2 atom stereocenters. The lowest BCUT2D eigenvalue weighted by Crippen LogP contribution is -2.23. The summed E-state index contributed by atoms with van der Waals surface area (Å²) in [6.07, 6.45) is 7.97. The standard InChI is InChI=1S/C16H19N5O/c17-16-19-13-2-1-12(8-14(13)20-16)15-7-11(3-6-22-15)9-21-5-4-18-10-21/h1-2,4-5,8,10-11,15H,3,6-7,9H2,(H3,17,19,20). The Morgan fingerprint density at radius 2 is 2.36 bits per heavy atom. The van der Waals surface area contributed by atoms with Crippen molar-refractivity contribution >= 4 is 17.0 Å². The number of hydrogen-bond donors (Lipinski definition) is 2. The molecule has 2 unspecified atom stereocenters. The van der Waals surface area contributed by atoms with E-state index in [0.717, 1.165) is 37.0 Å². The van der Waals surface area contributed by atoms with Gasteiger partial charge >= 0.3 is 0 Å². The van der Waals surface area contributed by atoms with Gasteiger partial charge in [0, 0.05) is 25.5 Å². The van der Waals surface area contributed by atoms with Gasteiger partial charge < -0.3 is 20.0 Å². The van der Waals surface area contributed by atoms with Gasteiger partial charge in [-0.2, -0.15) is 0 Å². The third kappa shape index (κ3) is 2.57. The van der Waals surface area contributed by atoms with Crippen molar-refractivity contribution in [2.24, 2.45) is 5.92 Å². The molecule has 0 aliphatic carbocycles. The van der Waals surface area contributed by atoms with Crippen molar-refractivity contribution in [1.82, 2.24) is 19.5 Å². The SMILES string of the molecule is Nc1nc2ccc(C3CC(Cn4ccnc4)CCO3)cc2[nH]1. The number of ether oxygens (including phenoxy) is 1. The predicted molar refractivity (Wildman–Crippen MR) is 84.2 cm³/mol. The predicted octanol–water partition coefficient (Wildman–Crippen LogP) is 2.51. The fourth-order valence-corrected chi connectivity index (χ4v) is 3.20. The highest BCUT2D eigenvalue weighted by Gasteiger charge is 2.24. The average molecular weight is 297 g/mol. The third-order valence-corrected chi connectivity index (χ3v) is 4.32. The topological polar surface area (TPSA) is 81.8 Å². The molecule has 3 aromatic rings.